The highest BCUT2D eigenvalue weighted by Crippen LogP contribution is 2.32. The Morgan fingerprint density at radius 3 is 1.71 bits per heavy atom. The first-order valence-corrected chi connectivity index (χ1v) is 29.1. The number of para-hydroxylation sites is 1. The van der Waals surface area contributed by atoms with Gasteiger partial charge in [0, 0.05) is 89.0 Å². The predicted molar refractivity (Wildman–Crippen MR) is 303 cm³/mol. The van der Waals surface area contributed by atoms with E-state index in [4.69, 9.17) is 18.9 Å². The van der Waals surface area contributed by atoms with Crippen molar-refractivity contribution in [2.24, 2.45) is 11.8 Å². The first-order chi connectivity index (χ1) is 39.1. The van der Waals surface area contributed by atoms with Crippen molar-refractivity contribution in [3.05, 3.63) is 76.5 Å². The Balaban J connectivity index is 0.975. The van der Waals surface area contributed by atoms with Crippen LogP contribution in [0.2, 0.25) is 0 Å². The van der Waals surface area contributed by atoms with Crippen LogP contribution in [-0.2, 0) is 42.5 Å². The summed E-state index contributed by atoms with van der Waals surface area (Å²) in [5.74, 6) is -6.21. The number of piperazine rings is 2. The highest BCUT2D eigenvalue weighted by molar-refractivity contribution is 6.01. The van der Waals surface area contributed by atoms with Crippen molar-refractivity contribution in [3.8, 4) is 11.5 Å². The van der Waals surface area contributed by atoms with E-state index in [1.165, 1.54) is 23.1 Å². The van der Waals surface area contributed by atoms with Crippen molar-refractivity contribution in [2.45, 2.75) is 162 Å². The number of nitrogens with one attached hydrogen (secondary N) is 3. The number of rotatable bonds is 20. The van der Waals surface area contributed by atoms with Crippen LogP contribution in [0.5, 0.6) is 11.5 Å². The molecule has 0 saturated carbocycles. The third kappa shape index (κ3) is 16.5. The maximum absolute atomic E-state index is 15.0. The van der Waals surface area contributed by atoms with Crippen molar-refractivity contribution >= 4 is 41.4 Å². The second-order valence-corrected chi connectivity index (χ2v) is 25.3. The van der Waals surface area contributed by atoms with Crippen LogP contribution < -0.4 is 25.4 Å². The molecule has 5 heterocycles. The molecule has 0 unspecified atom stereocenters. The van der Waals surface area contributed by atoms with Crippen LogP contribution in [0.4, 0.5) is 13.2 Å². The molecule has 7 amide bonds. The quantitative estimate of drug-likeness (QED) is 0.122. The molecule has 3 aromatic rings. The van der Waals surface area contributed by atoms with Gasteiger partial charge in [-0.3, -0.25) is 38.5 Å². The van der Waals surface area contributed by atoms with E-state index in [1.54, 1.807) is 41.5 Å². The van der Waals surface area contributed by atoms with E-state index >= 15 is 4.39 Å². The Labute approximate surface area is 485 Å². The molecular formula is C60H85F3N10O10. The third-order valence-electron chi connectivity index (χ3n) is 15.2. The summed E-state index contributed by atoms with van der Waals surface area (Å²) in [6.07, 6.45) is 0.209. The Kier molecular flexibility index (Phi) is 21.0. The number of oxazole rings is 1. The fraction of sp³-hybridized carbons (Fsp3) is 0.633. The highest BCUT2D eigenvalue weighted by Gasteiger charge is 2.43. The molecule has 1 aromatic heterocycles. The van der Waals surface area contributed by atoms with Crippen LogP contribution in [0.3, 0.4) is 0 Å². The second-order valence-electron chi connectivity index (χ2n) is 25.3. The fourth-order valence-corrected chi connectivity index (χ4v) is 11.1. The molecule has 23 heteroatoms. The lowest BCUT2D eigenvalue weighted by Gasteiger charge is -2.38. The molecule has 4 saturated heterocycles. The minimum atomic E-state index is -2.41. The van der Waals surface area contributed by atoms with Crippen LogP contribution in [0.15, 0.2) is 40.8 Å². The van der Waals surface area contributed by atoms with Crippen LogP contribution >= 0.6 is 0 Å². The van der Waals surface area contributed by atoms with Gasteiger partial charge < -0.3 is 54.3 Å². The number of hydrogen-bond donors (Lipinski definition) is 3. The highest BCUT2D eigenvalue weighted by atomic mass is 19.2. The minimum Gasteiger partial charge on any atom is -0.483 e. The molecule has 4 fully saturated rings. The van der Waals surface area contributed by atoms with Gasteiger partial charge in [-0.15, -0.1) is 0 Å². The molecule has 83 heavy (non-hydrogen) atoms. The van der Waals surface area contributed by atoms with Crippen LogP contribution in [0, 0.1) is 23.5 Å². The molecule has 0 bridgehead atoms. The standard InChI is InChI=1S/C60H85F3N10O10/c1-36(2)30-42(65-52(74)38-16-12-13-19-47(38)82-51(63)54(76)67-60(8,9)10)55(77)73-21-15-18-46(73)58(80)71-28-24-69(25-29-71)34-44-50(59(5,6)7)83-49(64-44)35-81-48-33-41(62)40(61)32-39(48)53(75)66-43(31-37(3)4)56(78)72-20-14-17-45(72)57(79)70-26-22-68(11)23-27-70/h12-13,16,19,32-33,36-37,42-43,45-46,51H,14-15,17-18,20-31,34-35H2,1-11H3,(H,65,74)(H,66,75)(H,67,76)/t42-,43-,45-,46-,51-/m1/s1. The summed E-state index contributed by atoms with van der Waals surface area (Å²) >= 11 is 0. The first kappa shape index (κ1) is 63.8. The summed E-state index contributed by atoms with van der Waals surface area (Å²) in [5, 5.41) is 8.09. The summed E-state index contributed by atoms with van der Waals surface area (Å²) in [7, 11) is 1.99. The molecule has 0 aliphatic carbocycles. The zero-order chi connectivity index (χ0) is 60.7. The van der Waals surface area contributed by atoms with Gasteiger partial charge in [-0.1, -0.05) is 60.6 Å². The number of likely N-dealkylation sites (tertiary alicyclic amines) is 2. The van der Waals surface area contributed by atoms with Crippen molar-refractivity contribution in [2.75, 3.05) is 72.5 Å². The number of aromatic nitrogens is 1. The van der Waals surface area contributed by atoms with E-state index in [9.17, 15) is 42.3 Å². The Hall–Kier alpha value is -6.75. The van der Waals surface area contributed by atoms with Gasteiger partial charge in [-0.25, -0.2) is 13.8 Å². The normalized spacial score (nSPS) is 19.4. The smallest absolute Gasteiger partial charge is 0.316 e. The van der Waals surface area contributed by atoms with Crippen LogP contribution in [0.25, 0.3) is 0 Å². The molecule has 7 rings (SSSR count). The molecule has 456 valence electrons. The maximum Gasteiger partial charge on any atom is 0.316 e. The maximum atomic E-state index is 15.0. The van der Waals surface area contributed by atoms with E-state index < -0.39 is 82.6 Å². The molecule has 0 spiro atoms. The van der Waals surface area contributed by atoms with Gasteiger partial charge in [0.15, 0.2) is 18.2 Å². The number of benzene rings is 2. The van der Waals surface area contributed by atoms with Crippen LogP contribution in [-0.4, -0.2) is 184 Å². The molecule has 3 N–H and O–H groups in total. The molecule has 0 radical (unpaired) electrons. The van der Waals surface area contributed by atoms with Crippen molar-refractivity contribution in [1.82, 2.24) is 50.3 Å². The zero-order valence-electron chi connectivity index (χ0n) is 50.1. The van der Waals surface area contributed by atoms with Crippen molar-refractivity contribution in [3.63, 3.8) is 0 Å². The van der Waals surface area contributed by atoms with Gasteiger partial charge in [0.1, 0.15) is 41.4 Å². The fourth-order valence-electron chi connectivity index (χ4n) is 11.1. The number of likely N-dealkylation sites (N-methyl/N-ethyl adjacent to an activating group) is 1. The van der Waals surface area contributed by atoms with Gasteiger partial charge in [-0.05, 0) is 96.4 Å². The topological polar surface area (TPSA) is 220 Å². The Bertz CT molecular complexity index is 2820. The number of amides is 7. The van der Waals surface area contributed by atoms with Crippen LogP contribution in [0.1, 0.15) is 146 Å². The van der Waals surface area contributed by atoms with E-state index in [0.717, 1.165) is 25.2 Å². The Morgan fingerprint density at radius 2 is 1.19 bits per heavy atom. The monoisotopic (exact) mass is 1160 g/mol. The molecule has 20 nitrogen and oxygen atoms in total. The summed E-state index contributed by atoms with van der Waals surface area (Å²) in [5.41, 5.74) is -1.09. The van der Waals surface area contributed by atoms with E-state index in [0.29, 0.717) is 96.0 Å². The SMILES string of the molecule is CC(C)C[C@@H](NC(=O)c1cc(F)c(F)cc1OCc1nc(CN2CCN(C(=O)[C@H]3CCCN3C(=O)[C@@H](CC(C)C)NC(=O)c3ccccc3O[C@@H](F)C(=O)NC(C)(C)C)CC2)c(C(C)(C)C)o1)C(=O)N1CCC[C@@H]1C(=O)N1CCN(C)CC1. The molecule has 4 aliphatic rings. The number of ether oxygens (including phenoxy) is 2. The predicted octanol–water partition coefficient (Wildman–Crippen LogP) is 5.81. The number of carbonyl (C=O) groups is 7. The molecule has 2 aromatic carbocycles. The molecule has 5 atom stereocenters. The first-order valence-electron chi connectivity index (χ1n) is 29.1. The number of hydrogen-bond acceptors (Lipinski definition) is 13. The van der Waals surface area contributed by atoms with E-state index in [-0.39, 0.29) is 71.6 Å². The summed E-state index contributed by atoms with van der Waals surface area (Å²) in [6.45, 7) is 23.3. The van der Waals surface area contributed by atoms with Gasteiger partial charge in [0.2, 0.25) is 29.5 Å². The number of halogens is 3. The van der Waals surface area contributed by atoms with Crippen molar-refractivity contribution < 1.29 is 60.6 Å². The lowest BCUT2D eigenvalue weighted by molar-refractivity contribution is -0.146. The average molecular weight is 1160 g/mol. The van der Waals surface area contributed by atoms with E-state index in [1.807, 2.05) is 55.5 Å². The number of nitrogens with zero attached hydrogens (tertiary/aromatic N) is 7. The lowest BCUT2D eigenvalue weighted by Crippen LogP contribution is -2.57. The molecular weight excluding hydrogens is 1080 g/mol. The molecule has 4 aliphatic heterocycles. The van der Waals surface area contributed by atoms with Gasteiger partial charge in [-0.2, -0.15) is 4.39 Å². The van der Waals surface area contributed by atoms with Gasteiger partial charge >= 0.3 is 6.36 Å². The lowest BCUT2D eigenvalue weighted by atomic mass is 9.91. The minimum absolute atomic E-state index is 0.0385. The Morgan fingerprint density at radius 1 is 0.687 bits per heavy atom. The number of carbonyl (C=O) groups excluding carboxylic acids is 7. The zero-order valence-corrected chi connectivity index (χ0v) is 50.1. The van der Waals surface area contributed by atoms with Gasteiger partial charge in [0.05, 0.1) is 16.8 Å². The largest absolute Gasteiger partial charge is 0.483 e. The van der Waals surface area contributed by atoms with Gasteiger partial charge in [0.25, 0.3) is 17.7 Å². The third-order valence-corrected chi connectivity index (χ3v) is 15.2. The summed E-state index contributed by atoms with van der Waals surface area (Å²) in [4.78, 5) is 113. The second kappa shape index (κ2) is 27.3. The summed E-state index contributed by atoms with van der Waals surface area (Å²) in [6, 6.07) is 3.86. The van der Waals surface area contributed by atoms with E-state index in [2.05, 4.69) is 25.8 Å². The number of alkyl halides is 1. The summed E-state index contributed by atoms with van der Waals surface area (Å²) < 4.78 is 62.6. The average Bonchev–Trinajstić information content (AvgIpc) is 4.42. The van der Waals surface area contributed by atoms with Crippen molar-refractivity contribution in [1.29, 1.82) is 0 Å².